The summed E-state index contributed by atoms with van der Waals surface area (Å²) in [6.45, 7) is 15.4. The van der Waals surface area contributed by atoms with Crippen LogP contribution in [-0.2, 0) is 16.0 Å². The van der Waals surface area contributed by atoms with E-state index >= 15 is 0 Å². The van der Waals surface area contributed by atoms with E-state index in [-0.39, 0.29) is 19.1 Å². The van der Waals surface area contributed by atoms with Crippen molar-refractivity contribution >= 4 is 12.0 Å². The fraction of sp³-hybridized carbons (Fsp3) is 0.694. The number of carbonyl (C=O) groups is 2. The molecule has 1 saturated heterocycles. The number of hydrogen-bond acceptors (Lipinski definition) is 6. The van der Waals surface area contributed by atoms with E-state index < -0.39 is 12.0 Å². The van der Waals surface area contributed by atoms with Crippen molar-refractivity contribution in [2.75, 3.05) is 19.8 Å². The van der Waals surface area contributed by atoms with Gasteiger partial charge in [-0.1, -0.05) is 82.1 Å². The van der Waals surface area contributed by atoms with Gasteiger partial charge >= 0.3 is 6.09 Å². The first-order chi connectivity index (χ1) is 20.7. The van der Waals surface area contributed by atoms with Crippen LogP contribution < -0.4 is 0 Å². The molecule has 0 spiro atoms. The highest BCUT2D eigenvalue weighted by Crippen LogP contribution is 2.49. The van der Waals surface area contributed by atoms with Gasteiger partial charge in [0.25, 0.3) is 0 Å². The van der Waals surface area contributed by atoms with Crippen molar-refractivity contribution in [2.24, 2.45) is 17.3 Å². The molecule has 4 rings (SSSR count). The van der Waals surface area contributed by atoms with Crippen LogP contribution in [-0.4, -0.2) is 46.9 Å². The number of carbonyl (C=O) groups excluding carboxylic acids is 2. The highest BCUT2D eigenvalue weighted by Gasteiger charge is 2.39. The number of allylic oxidation sites excluding steroid dienone is 5. The van der Waals surface area contributed by atoms with Gasteiger partial charge in [-0.3, -0.25) is 4.79 Å². The Hall–Kier alpha value is -2.67. The Balaban J connectivity index is 0.000000489. The molecule has 1 N–H and O–H groups in total. The lowest BCUT2D eigenvalue weighted by atomic mass is 9.76. The van der Waals surface area contributed by atoms with Gasteiger partial charge in [-0.25, -0.2) is 9.69 Å². The van der Waals surface area contributed by atoms with Gasteiger partial charge in [-0.05, 0) is 82.0 Å². The first kappa shape index (κ1) is 34.8. The molecule has 3 fully saturated rings. The highest BCUT2D eigenvalue weighted by molar-refractivity contribution is 5.94. The lowest BCUT2D eigenvalue weighted by Gasteiger charge is -2.28. The minimum Gasteiger partial charge on any atom is -0.447 e. The summed E-state index contributed by atoms with van der Waals surface area (Å²) in [5.41, 5.74) is 3.87. The molecule has 1 aromatic rings. The molecule has 0 bridgehead atoms. The zero-order valence-corrected chi connectivity index (χ0v) is 27.4. The summed E-state index contributed by atoms with van der Waals surface area (Å²) in [5.74, 6) is 2.04. The maximum atomic E-state index is 13.2. The molecule has 1 aliphatic heterocycles. The Morgan fingerprint density at radius 3 is 2.53 bits per heavy atom. The van der Waals surface area contributed by atoms with Gasteiger partial charge in [0.05, 0.1) is 12.2 Å². The first-order valence-corrected chi connectivity index (χ1v) is 16.7. The molecule has 43 heavy (non-hydrogen) atoms. The number of hydrogen-bond donors (Lipinski definition) is 1. The molecule has 3 aliphatic rings. The average Bonchev–Trinajstić information content (AvgIpc) is 3.71. The Bertz CT molecular complexity index is 1110. The Kier molecular flexibility index (Phi) is 13.8. The molecule has 0 aromatic carbocycles. The van der Waals surface area contributed by atoms with Crippen LogP contribution in [0.15, 0.2) is 41.0 Å². The summed E-state index contributed by atoms with van der Waals surface area (Å²) in [5, 5.41) is 13.9. The van der Waals surface area contributed by atoms with Crippen molar-refractivity contribution < 1.29 is 24.0 Å². The van der Waals surface area contributed by atoms with Gasteiger partial charge in [-0.15, -0.1) is 0 Å². The quantitative estimate of drug-likeness (QED) is 0.216. The van der Waals surface area contributed by atoms with E-state index in [1.165, 1.54) is 41.7 Å². The lowest BCUT2D eigenvalue weighted by Crippen LogP contribution is -2.38. The van der Waals surface area contributed by atoms with E-state index in [2.05, 4.69) is 51.6 Å². The Morgan fingerprint density at radius 2 is 1.98 bits per heavy atom. The number of imide groups is 1. The number of aliphatic hydroxyl groups is 1. The Morgan fingerprint density at radius 1 is 1.21 bits per heavy atom. The monoisotopic (exact) mass is 596 g/mol. The third-order valence-electron chi connectivity index (χ3n) is 9.81. The van der Waals surface area contributed by atoms with E-state index in [9.17, 15) is 14.7 Å². The molecule has 3 atom stereocenters. The second kappa shape index (κ2) is 17.0. The number of nitrogens with zero attached hydrogens (tertiary/aromatic N) is 2. The van der Waals surface area contributed by atoms with Crippen LogP contribution in [0.5, 0.6) is 0 Å². The minimum atomic E-state index is -0.564. The number of aromatic nitrogens is 1. The van der Waals surface area contributed by atoms with E-state index in [1.54, 1.807) is 6.08 Å². The number of rotatable bonds is 14. The molecule has 3 unspecified atom stereocenters. The molecule has 2 aliphatic carbocycles. The molecule has 240 valence electrons. The summed E-state index contributed by atoms with van der Waals surface area (Å²) in [6.07, 6.45) is 19.5. The predicted molar refractivity (Wildman–Crippen MR) is 172 cm³/mol. The van der Waals surface area contributed by atoms with E-state index in [0.29, 0.717) is 43.1 Å². The first-order valence-electron chi connectivity index (χ1n) is 16.7. The fourth-order valence-corrected chi connectivity index (χ4v) is 6.65. The summed E-state index contributed by atoms with van der Waals surface area (Å²) >= 11 is 0. The van der Waals surface area contributed by atoms with Crippen LogP contribution in [0.3, 0.4) is 0 Å². The van der Waals surface area contributed by atoms with Crippen LogP contribution in [0.1, 0.15) is 134 Å². The molecule has 7 nitrogen and oxygen atoms in total. The zero-order chi connectivity index (χ0) is 31.4. The topological polar surface area (TPSA) is 92.9 Å². The Labute approximate surface area is 259 Å². The highest BCUT2D eigenvalue weighted by atomic mass is 16.6. The van der Waals surface area contributed by atoms with E-state index in [1.807, 2.05) is 13.0 Å². The van der Waals surface area contributed by atoms with Crippen LogP contribution >= 0.6 is 0 Å². The maximum absolute atomic E-state index is 13.2. The van der Waals surface area contributed by atoms with E-state index in [4.69, 9.17) is 9.26 Å². The second-order valence-electron chi connectivity index (χ2n) is 13.3. The van der Waals surface area contributed by atoms with Crippen molar-refractivity contribution in [3.8, 4) is 0 Å². The van der Waals surface area contributed by atoms with Crippen LogP contribution in [0.4, 0.5) is 4.79 Å². The summed E-state index contributed by atoms with van der Waals surface area (Å²) in [6, 6.07) is 0. The van der Waals surface area contributed by atoms with Gasteiger partial charge in [0, 0.05) is 30.4 Å². The van der Waals surface area contributed by atoms with E-state index in [0.717, 1.165) is 49.5 Å². The van der Waals surface area contributed by atoms with Gasteiger partial charge < -0.3 is 14.4 Å². The molecule has 0 radical (unpaired) electrons. The maximum Gasteiger partial charge on any atom is 0.416 e. The van der Waals surface area contributed by atoms with Crippen LogP contribution in [0, 0.1) is 17.3 Å². The molecule has 2 amide bonds. The minimum absolute atomic E-state index is 0.0192. The summed E-state index contributed by atoms with van der Waals surface area (Å²) in [7, 11) is 0. The average molecular weight is 597 g/mol. The summed E-state index contributed by atoms with van der Waals surface area (Å²) < 4.78 is 11.0. The molecular weight excluding hydrogens is 540 g/mol. The van der Waals surface area contributed by atoms with Gasteiger partial charge in [0.15, 0.2) is 0 Å². The van der Waals surface area contributed by atoms with Gasteiger partial charge in [-0.2, -0.15) is 0 Å². The fourth-order valence-electron chi connectivity index (χ4n) is 6.65. The van der Waals surface area contributed by atoms with Crippen LogP contribution in [0.2, 0.25) is 0 Å². The standard InChI is InChI=1S/C27H42N2O5.C9H14/c1-4-27(2,3)17-18-10-11-20(15-18)24-23(19-7-5-8-19)22(28-34-24)16-21(9-6-13-30)25(31)29-12-14-33-26(29)32;1-4-7-8-9(5-2)6-3/h18-21,30H,4-17H2,1-3H3;4-5,7-8H,1,6H2,2-3H3/b;8-7-,9-5-. The van der Waals surface area contributed by atoms with Gasteiger partial charge in [0.1, 0.15) is 12.4 Å². The van der Waals surface area contributed by atoms with Crippen molar-refractivity contribution in [2.45, 2.75) is 124 Å². The molecule has 7 heteroatoms. The smallest absolute Gasteiger partial charge is 0.416 e. The van der Waals surface area contributed by atoms with Crippen LogP contribution in [0.25, 0.3) is 0 Å². The molecule has 1 aromatic heterocycles. The van der Waals surface area contributed by atoms with Crippen molar-refractivity contribution in [1.82, 2.24) is 10.1 Å². The third-order valence-corrected chi connectivity index (χ3v) is 9.81. The van der Waals surface area contributed by atoms with Crippen molar-refractivity contribution in [3.05, 3.63) is 53.5 Å². The second-order valence-corrected chi connectivity index (χ2v) is 13.3. The number of ether oxygens (including phenoxy) is 1. The lowest BCUT2D eigenvalue weighted by molar-refractivity contribution is -0.132. The third kappa shape index (κ3) is 9.66. The summed E-state index contributed by atoms with van der Waals surface area (Å²) in [4.78, 5) is 26.4. The van der Waals surface area contributed by atoms with Crippen molar-refractivity contribution in [3.63, 3.8) is 0 Å². The number of cyclic esters (lactones) is 1. The number of aliphatic hydroxyl groups excluding tert-OH is 1. The number of amides is 2. The molecule has 2 saturated carbocycles. The zero-order valence-electron chi connectivity index (χ0n) is 27.4. The normalized spacial score (nSPS) is 21.9. The largest absolute Gasteiger partial charge is 0.447 e. The predicted octanol–water partition coefficient (Wildman–Crippen LogP) is 8.65. The molecule has 2 heterocycles. The SMILES string of the molecule is C=C/C=C\C(=C/C)CC.CCC(C)(C)CC1CCC(c2onc(CC(CCCO)C(=O)N3CCOC3=O)c2C2CCC2)C1. The molecular formula is C36H56N2O5. The van der Waals surface area contributed by atoms with Crippen molar-refractivity contribution in [1.29, 1.82) is 0 Å². The van der Waals surface area contributed by atoms with Gasteiger partial charge in [0.2, 0.25) is 5.91 Å².